The third-order valence-corrected chi connectivity index (χ3v) is 0.644. The third kappa shape index (κ3) is 18.4. The summed E-state index contributed by atoms with van der Waals surface area (Å²) in [6, 6.07) is -1.38. The first-order valence-electron chi connectivity index (χ1n) is 2.89. The second-order valence-electron chi connectivity index (χ2n) is 1.68. The van der Waals surface area contributed by atoms with E-state index in [4.69, 9.17) is 21.7 Å². The fraction of sp³-hybridized carbons (Fsp3) is 0.600. The van der Waals surface area contributed by atoms with Gasteiger partial charge in [0.1, 0.15) is 0 Å². The van der Waals surface area contributed by atoms with E-state index < -0.39 is 31.1 Å². The molecule has 6 N–H and O–H groups in total. The van der Waals surface area contributed by atoms with Crippen molar-refractivity contribution >= 4 is 11.9 Å². The van der Waals surface area contributed by atoms with Crippen LogP contribution < -0.4 is 5.11 Å². The zero-order valence-corrected chi connectivity index (χ0v) is 7.77. The van der Waals surface area contributed by atoms with Crippen LogP contribution in [-0.4, -0.2) is 41.3 Å². The predicted molar refractivity (Wildman–Crippen MR) is 39.4 cm³/mol. The van der Waals surface area contributed by atoms with Crippen molar-refractivity contribution in [3.63, 3.8) is 0 Å². The van der Waals surface area contributed by atoms with Gasteiger partial charge in [-0.25, -0.2) is 0 Å². The van der Waals surface area contributed by atoms with Gasteiger partial charge < -0.3 is 26.8 Å². The van der Waals surface area contributed by atoms with Crippen LogP contribution in [0.15, 0.2) is 0 Å². The maximum absolute atomic E-state index is 9.65. The molecule has 0 aliphatic carbocycles. The zero-order chi connectivity index (χ0) is 10.1. The van der Waals surface area contributed by atoms with Gasteiger partial charge in [0.25, 0.3) is 0 Å². The molecule has 0 aliphatic heterocycles. The maximum Gasteiger partial charge on any atom is 3.00 e. The molecule has 0 amide bonds. The summed E-state index contributed by atoms with van der Waals surface area (Å²) >= 11 is 0. The van der Waals surface area contributed by atoms with Crippen LogP contribution in [0.3, 0.4) is 0 Å². The van der Waals surface area contributed by atoms with Crippen LogP contribution in [-0.2, 0) is 26.7 Å². The van der Waals surface area contributed by atoms with Crippen LogP contribution >= 0.6 is 0 Å². The normalized spacial score (nSPS) is 10.1. The monoisotopic (exact) mass is 234 g/mol. The molecule has 0 aromatic rings. The van der Waals surface area contributed by atoms with Gasteiger partial charge in [0.05, 0.1) is 0 Å². The van der Waals surface area contributed by atoms with Gasteiger partial charge >= 0.3 is 29.0 Å². The first kappa shape index (κ1) is 18.2. The number of rotatable bonds is 3. The Morgan fingerprint density at radius 2 is 1.69 bits per heavy atom. The van der Waals surface area contributed by atoms with E-state index in [2.05, 4.69) is 0 Å². The number of hydrogen-bond acceptors (Lipinski definition) is 3. The van der Waals surface area contributed by atoms with E-state index in [1.165, 1.54) is 0 Å². The van der Waals surface area contributed by atoms with Crippen LogP contribution in [0.25, 0.3) is 11.5 Å². The fourth-order valence-corrected chi connectivity index (χ4v) is 0.0757. The molecule has 0 heterocycles. The molecule has 0 spiro atoms. The molecule has 7 nitrogen and oxygen atoms in total. The van der Waals surface area contributed by atoms with Gasteiger partial charge in [0.15, 0.2) is 0 Å². The van der Waals surface area contributed by atoms with E-state index in [9.17, 15) is 14.7 Å². The van der Waals surface area contributed by atoms with Crippen molar-refractivity contribution in [2.75, 3.05) is 13.2 Å². The van der Waals surface area contributed by atoms with E-state index in [1.807, 2.05) is 0 Å². The minimum absolute atomic E-state index is 0. The number of carbonyl (C=O) groups excluding carboxylic acids is 2. The van der Waals surface area contributed by atoms with Gasteiger partial charge in [-0.15, -0.1) is 6.61 Å². The van der Waals surface area contributed by atoms with E-state index in [0.717, 1.165) is 0 Å². The standard InChI is InChI=1S/C3H5NO3.C2H4NO2.Mn/c4-2(1-5)3(6)7;3-1-2(4)5;/h2,4H,1H2,(H,6,7);3H,1H2,(H,4,5);/q-2;-1;+3/p+2. The van der Waals surface area contributed by atoms with Crippen LogP contribution in [0.2, 0.25) is 0 Å². The zero-order valence-electron chi connectivity index (χ0n) is 6.59. The smallest absolute Gasteiger partial charge is 0.855 e. The Labute approximate surface area is 85.2 Å². The molecule has 0 aromatic carbocycles. The minimum atomic E-state index is -1.38. The molecule has 0 aliphatic rings. The molecule has 1 atom stereocenters. The van der Waals surface area contributed by atoms with Gasteiger partial charge in [0, 0.05) is 22.2 Å². The Morgan fingerprint density at radius 3 is 1.69 bits per heavy atom. The molecule has 76 valence electrons. The molecule has 0 saturated carbocycles. The maximum atomic E-state index is 9.65. The summed E-state index contributed by atoms with van der Waals surface area (Å²) < 4.78 is 0. The molecule has 0 saturated heterocycles. The summed E-state index contributed by atoms with van der Waals surface area (Å²) in [6.07, 6.45) is 0. The van der Waals surface area contributed by atoms with Gasteiger partial charge in [-0.2, -0.15) is 0 Å². The molecule has 0 fully saturated rings. The van der Waals surface area contributed by atoms with Gasteiger partial charge in [-0.1, -0.05) is 0 Å². The average Bonchev–Trinajstić information content (AvgIpc) is 2.04. The minimum Gasteiger partial charge on any atom is -0.855 e. The van der Waals surface area contributed by atoms with Crippen molar-refractivity contribution in [1.29, 1.82) is 0 Å². The fourth-order valence-electron chi connectivity index (χ4n) is 0.0757. The largest absolute Gasteiger partial charge is 3.00 e. The molecular weight excluding hydrogens is 223 g/mol. The van der Waals surface area contributed by atoms with Crippen molar-refractivity contribution in [2.45, 2.75) is 6.04 Å². The van der Waals surface area contributed by atoms with Gasteiger partial charge in [-0.3, -0.25) is 0 Å². The number of hydrogen-bond donors (Lipinski definition) is 0. The summed E-state index contributed by atoms with van der Waals surface area (Å²) in [5.74, 6) is -1.93. The van der Waals surface area contributed by atoms with Crippen molar-refractivity contribution in [1.82, 2.24) is 0 Å². The second-order valence-corrected chi connectivity index (χ2v) is 1.68. The first-order chi connectivity index (χ1) is 5.45. The van der Waals surface area contributed by atoms with E-state index in [-0.39, 0.29) is 17.1 Å². The number of carbonyl (C=O) groups is 2. The summed E-state index contributed by atoms with van der Waals surface area (Å²) in [7, 11) is 0. The molecular formula is C5H11MnN2O5+2. The van der Waals surface area contributed by atoms with E-state index in [0.29, 0.717) is 0 Å². The van der Waals surface area contributed by atoms with Crippen LogP contribution in [0, 0.1) is 0 Å². The van der Waals surface area contributed by atoms with Crippen LogP contribution in [0.5, 0.6) is 0 Å². The van der Waals surface area contributed by atoms with E-state index in [1.54, 1.807) is 0 Å². The van der Waals surface area contributed by atoms with Crippen molar-refractivity contribution in [2.24, 2.45) is 0 Å². The Kier molecular flexibility index (Phi) is 15.9. The molecule has 0 rings (SSSR count). The molecule has 8 heteroatoms. The first-order valence-corrected chi connectivity index (χ1v) is 2.89. The molecule has 0 bridgehead atoms. The third-order valence-electron chi connectivity index (χ3n) is 0.644. The Hall–Kier alpha value is -0.661. The van der Waals surface area contributed by atoms with Crippen molar-refractivity contribution in [3.8, 4) is 0 Å². The summed E-state index contributed by atoms with van der Waals surface area (Å²) in [5.41, 5.74) is 12.5. The predicted octanol–water partition coefficient (Wildman–Crippen LogP) is -2.69. The molecule has 13 heavy (non-hydrogen) atoms. The van der Waals surface area contributed by atoms with E-state index >= 15 is 0 Å². The molecule has 0 aromatic heterocycles. The van der Waals surface area contributed by atoms with Crippen molar-refractivity contribution < 1.29 is 42.0 Å². The van der Waals surface area contributed by atoms with Crippen LogP contribution in [0.4, 0.5) is 0 Å². The number of nitrogens with one attached hydrogen (secondary N) is 2. The SMILES string of the molecule is [Mn+3].[NH-]C(C[O-])C(=O)[OH2+].[NH-]CC(=O)[OH2+]. The Bertz CT molecular complexity index is 154. The topological polar surface area (TPSA) is 151 Å². The van der Waals surface area contributed by atoms with Gasteiger partial charge in [-0.05, 0) is 0 Å². The quantitative estimate of drug-likeness (QED) is 0.386. The molecule has 1 unspecified atom stereocenters. The average molecular weight is 234 g/mol. The van der Waals surface area contributed by atoms with Gasteiger partial charge in [0.2, 0.25) is 0 Å². The Balaban J connectivity index is -0.000000150. The summed E-state index contributed by atoms with van der Waals surface area (Å²) in [5, 5.41) is 21.7. The second kappa shape index (κ2) is 11.3. The van der Waals surface area contributed by atoms with Crippen LogP contribution in [0.1, 0.15) is 0 Å². The Morgan fingerprint density at radius 1 is 1.38 bits per heavy atom. The summed E-state index contributed by atoms with van der Waals surface area (Å²) in [6.45, 7) is -1.22. The van der Waals surface area contributed by atoms with Crippen molar-refractivity contribution in [3.05, 3.63) is 11.5 Å². The summed E-state index contributed by atoms with van der Waals surface area (Å²) in [4.78, 5) is 18.9. The molecule has 0 radical (unpaired) electrons.